The van der Waals surface area contributed by atoms with Gasteiger partial charge in [0, 0.05) is 25.5 Å². The van der Waals surface area contributed by atoms with Crippen LogP contribution in [0, 0.1) is 0 Å². The van der Waals surface area contributed by atoms with Gasteiger partial charge in [-0.1, -0.05) is 0 Å². The molecule has 4 heterocycles. The number of hydrogen-bond acceptors (Lipinski definition) is 8. The summed E-state index contributed by atoms with van der Waals surface area (Å²) >= 11 is 0. The van der Waals surface area contributed by atoms with Gasteiger partial charge in [0.1, 0.15) is 11.2 Å². The lowest BCUT2D eigenvalue weighted by atomic mass is 10.2. The number of carbonyl (C=O) groups is 1. The van der Waals surface area contributed by atoms with Crippen molar-refractivity contribution in [1.29, 1.82) is 0 Å². The van der Waals surface area contributed by atoms with Crippen LogP contribution in [0.3, 0.4) is 0 Å². The summed E-state index contributed by atoms with van der Waals surface area (Å²) in [6.07, 6.45) is 3.45. The first-order valence-electron chi connectivity index (χ1n) is 7.86. The van der Waals surface area contributed by atoms with E-state index in [2.05, 4.69) is 25.0 Å². The van der Waals surface area contributed by atoms with Crippen LogP contribution in [0.4, 0.5) is 5.82 Å². The molecule has 4 rings (SSSR count). The van der Waals surface area contributed by atoms with Crippen molar-refractivity contribution in [2.75, 3.05) is 38.3 Å². The summed E-state index contributed by atoms with van der Waals surface area (Å²) in [5, 5.41) is 4.19. The number of fused-ring (bicyclic) bond motifs is 1. The van der Waals surface area contributed by atoms with Gasteiger partial charge in [-0.3, -0.25) is 0 Å². The van der Waals surface area contributed by atoms with Crippen molar-refractivity contribution in [1.82, 2.24) is 24.7 Å². The molecule has 25 heavy (non-hydrogen) atoms. The van der Waals surface area contributed by atoms with E-state index in [1.54, 1.807) is 35.3 Å². The molecule has 1 aliphatic heterocycles. The maximum atomic E-state index is 11.8. The largest absolute Gasteiger partial charge is 0.464 e. The lowest BCUT2D eigenvalue weighted by Gasteiger charge is -2.28. The standard InChI is InChI=1S/C16H16N6O3/c1-24-15(23)12-4-3-11-13(18-12)14(21-7-9-25-10-8-21)20-16(19-11)22-6-2-5-17-22/h2-6H,7-10H2,1H3. The molecule has 0 N–H and O–H groups in total. The zero-order chi connectivity index (χ0) is 17.2. The summed E-state index contributed by atoms with van der Waals surface area (Å²) < 4.78 is 11.8. The molecule has 128 valence electrons. The molecule has 0 saturated carbocycles. The molecule has 0 atom stereocenters. The van der Waals surface area contributed by atoms with Crippen molar-refractivity contribution in [3.05, 3.63) is 36.3 Å². The van der Waals surface area contributed by atoms with E-state index >= 15 is 0 Å². The highest BCUT2D eigenvalue weighted by Gasteiger charge is 2.20. The van der Waals surface area contributed by atoms with Gasteiger partial charge in [0.25, 0.3) is 5.95 Å². The molecule has 0 amide bonds. The van der Waals surface area contributed by atoms with Crippen molar-refractivity contribution in [3.8, 4) is 5.95 Å². The van der Waals surface area contributed by atoms with Crippen molar-refractivity contribution in [2.24, 2.45) is 0 Å². The van der Waals surface area contributed by atoms with Crippen molar-refractivity contribution in [2.45, 2.75) is 0 Å². The predicted molar refractivity (Wildman–Crippen MR) is 88.8 cm³/mol. The minimum atomic E-state index is -0.494. The summed E-state index contributed by atoms with van der Waals surface area (Å²) in [7, 11) is 1.33. The molecule has 0 radical (unpaired) electrons. The van der Waals surface area contributed by atoms with Crippen LogP contribution in [0.5, 0.6) is 0 Å². The normalized spacial score (nSPS) is 14.7. The van der Waals surface area contributed by atoms with Gasteiger partial charge in [-0.25, -0.2) is 19.4 Å². The van der Waals surface area contributed by atoms with E-state index in [1.165, 1.54) is 7.11 Å². The Hall–Kier alpha value is -3.07. The van der Waals surface area contributed by atoms with Gasteiger partial charge in [0.15, 0.2) is 5.82 Å². The molecule has 1 saturated heterocycles. The average Bonchev–Trinajstić information content (AvgIpc) is 3.21. The van der Waals surface area contributed by atoms with Crippen LogP contribution in [0.25, 0.3) is 17.0 Å². The maximum absolute atomic E-state index is 11.8. The van der Waals surface area contributed by atoms with Crippen LogP contribution >= 0.6 is 0 Å². The number of ether oxygens (including phenoxy) is 2. The molecule has 0 unspecified atom stereocenters. The predicted octanol–water partition coefficient (Wildman–Crippen LogP) is 0.834. The van der Waals surface area contributed by atoms with Gasteiger partial charge in [-0.15, -0.1) is 0 Å². The van der Waals surface area contributed by atoms with E-state index in [9.17, 15) is 4.79 Å². The Morgan fingerprint density at radius 2 is 2.04 bits per heavy atom. The lowest BCUT2D eigenvalue weighted by molar-refractivity contribution is 0.0594. The molecule has 9 nitrogen and oxygen atoms in total. The number of methoxy groups -OCH3 is 1. The quantitative estimate of drug-likeness (QED) is 0.647. The first-order valence-corrected chi connectivity index (χ1v) is 7.86. The third-order valence-electron chi connectivity index (χ3n) is 3.93. The molecule has 3 aromatic rings. The molecule has 1 fully saturated rings. The summed E-state index contributed by atoms with van der Waals surface area (Å²) in [4.78, 5) is 27.5. The Bertz CT molecular complexity index is 906. The highest BCUT2D eigenvalue weighted by Crippen LogP contribution is 2.24. The van der Waals surface area contributed by atoms with Gasteiger partial charge in [-0.2, -0.15) is 10.1 Å². The van der Waals surface area contributed by atoms with E-state index in [1.807, 2.05) is 0 Å². The molecule has 3 aromatic heterocycles. The van der Waals surface area contributed by atoms with Gasteiger partial charge >= 0.3 is 5.97 Å². The fourth-order valence-corrected chi connectivity index (χ4v) is 2.69. The van der Waals surface area contributed by atoms with Gasteiger partial charge < -0.3 is 14.4 Å². The SMILES string of the molecule is COC(=O)c1ccc2nc(-n3cccn3)nc(N3CCOCC3)c2n1. The Kier molecular flexibility index (Phi) is 3.98. The van der Waals surface area contributed by atoms with Gasteiger partial charge in [0.2, 0.25) is 0 Å². The Morgan fingerprint density at radius 1 is 1.20 bits per heavy atom. The summed E-state index contributed by atoms with van der Waals surface area (Å²) in [5.74, 6) is 0.613. The second kappa shape index (κ2) is 6.44. The van der Waals surface area contributed by atoms with Crippen LogP contribution < -0.4 is 4.90 Å². The molecule has 0 aromatic carbocycles. The van der Waals surface area contributed by atoms with Gasteiger partial charge in [-0.05, 0) is 18.2 Å². The molecule has 9 heteroatoms. The van der Waals surface area contributed by atoms with E-state index in [0.717, 1.165) is 0 Å². The van der Waals surface area contributed by atoms with Crippen molar-refractivity contribution < 1.29 is 14.3 Å². The Labute approximate surface area is 143 Å². The highest BCUT2D eigenvalue weighted by atomic mass is 16.5. The van der Waals surface area contributed by atoms with Crippen LogP contribution in [0.2, 0.25) is 0 Å². The van der Waals surface area contributed by atoms with E-state index in [0.29, 0.717) is 49.1 Å². The van der Waals surface area contributed by atoms with E-state index < -0.39 is 5.97 Å². The van der Waals surface area contributed by atoms with Crippen LogP contribution in [-0.4, -0.2) is 64.1 Å². The minimum absolute atomic E-state index is 0.222. The number of pyridine rings is 1. The fourth-order valence-electron chi connectivity index (χ4n) is 2.69. The van der Waals surface area contributed by atoms with Crippen molar-refractivity contribution >= 4 is 22.8 Å². The van der Waals surface area contributed by atoms with E-state index in [4.69, 9.17) is 9.47 Å². The number of esters is 1. The molecule has 0 aliphatic carbocycles. The monoisotopic (exact) mass is 340 g/mol. The van der Waals surface area contributed by atoms with Gasteiger partial charge in [0.05, 0.1) is 25.8 Å². The average molecular weight is 340 g/mol. The number of aromatic nitrogens is 5. The van der Waals surface area contributed by atoms with Crippen LogP contribution in [0.1, 0.15) is 10.5 Å². The maximum Gasteiger partial charge on any atom is 0.356 e. The highest BCUT2D eigenvalue weighted by molar-refractivity contribution is 5.93. The summed E-state index contributed by atoms with van der Waals surface area (Å²) in [5.41, 5.74) is 1.41. The minimum Gasteiger partial charge on any atom is -0.464 e. The van der Waals surface area contributed by atoms with Crippen molar-refractivity contribution in [3.63, 3.8) is 0 Å². The number of nitrogens with zero attached hydrogens (tertiary/aromatic N) is 6. The molecule has 1 aliphatic rings. The second-order valence-electron chi connectivity index (χ2n) is 5.45. The third-order valence-corrected chi connectivity index (χ3v) is 3.93. The Morgan fingerprint density at radius 3 is 2.76 bits per heavy atom. The third kappa shape index (κ3) is 2.89. The number of rotatable bonds is 3. The number of morpholine rings is 1. The first kappa shape index (κ1) is 15.5. The second-order valence-corrected chi connectivity index (χ2v) is 5.45. The number of anilines is 1. The zero-order valence-electron chi connectivity index (χ0n) is 13.6. The molecular formula is C16H16N6O3. The fraction of sp³-hybridized carbons (Fsp3) is 0.312. The lowest BCUT2D eigenvalue weighted by Crippen LogP contribution is -2.37. The summed E-state index contributed by atoms with van der Waals surface area (Å²) in [6.45, 7) is 2.60. The number of hydrogen-bond donors (Lipinski definition) is 0. The summed E-state index contributed by atoms with van der Waals surface area (Å²) in [6, 6.07) is 5.14. The van der Waals surface area contributed by atoms with E-state index in [-0.39, 0.29) is 5.69 Å². The topological polar surface area (TPSA) is 95.3 Å². The zero-order valence-corrected chi connectivity index (χ0v) is 13.6. The molecule has 0 spiro atoms. The number of carbonyl (C=O) groups excluding carboxylic acids is 1. The first-order chi connectivity index (χ1) is 12.3. The molecule has 0 bridgehead atoms. The van der Waals surface area contributed by atoms with Crippen LogP contribution in [-0.2, 0) is 9.47 Å². The smallest absolute Gasteiger partial charge is 0.356 e. The Balaban J connectivity index is 1.90. The van der Waals surface area contributed by atoms with Crippen LogP contribution in [0.15, 0.2) is 30.6 Å². The molecular weight excluding hydrogens is 324 g/mol.